The van der Waals surface area contributed by atoms with E-state index in [-0.39, 0.29) is 5.76 Å². The van der Waals surface area contributed by atoms with Crippen molar-refractivity contribution in [3.63, 3.8) is 0 Å². The molecule has 0 radical (unpaired) electrons. The van der Waals surface area contributed by atoms with Crippen molar-refractivity contribution in [3.8, 4) is 11.5 Å². The summed E-state index contributed by atoms with van der Waals surface area (Å²) in [5.41, 5.74) is 2.93. The number of hydrogen-bond donors (Lipinski definition) is 0. The summed E-state index contributed by atoms with van der Waals surface area (Å²) in [6.07, 6.45) is 4.47. The van der Waals surface area contributed by atoms with Gasteiger partial charge in [-0.25, -0.2) is 4.58 Å². The minimum atomic E-state index is 0.00535. The number of ether oxygens (including phenoxy) is 2. The summed E-state index contributed by atoms with van der Waals surface area (Å²) < 4.78 is 12.6. The van der Waals surface area contributed by atoms with Gasteiger partial charge in [0.25, 0.3) is 0 Å². The lowest BCUT2D eigenvalue weighted by atomic mass is 10.0. The molecule has 23 heavy (non-hydrogen) atoms. The normalized spacial score (nSPS) is 14.0. The number of benzene rings is 2. The molecule has 0 amide bonds. The highest BCUT2D eigenvalue weighted by molar-refractivity contribution is 5.81. The maximum absolute atomic E-state index is 12.3. The second kappa shape index (κ2) is 6.57. The second-order valence-electron chi connectivity index (χ2n) is 5.38. The molecule has 2 aromatic rings. The zero-order valence-electron chi connectivity index (χ0n) is 13.3. The Labute approximate surface area is 135 Å². The van der Waals surface area contributed by atoms with E-state index in [1.54, 1.807) is 20.4 Å². The van der Waals surface area contributed by atoms with E-state index in [1.165, 1.54) is 5.56 Å². The number of hydrogen-bond acceptors (Lipinski definition) is 3. The Bertz CT molecular complexity index is 764. The Morgan fingerprint density at radius 2 is 1.78 bits per heavy atom. The molecular weight excluding hydrogens is 290 g/mol. The van der Waals surface area contributed by atoms with Crippen LogP contribution in [0.5, 0.6) is 11.5 Å². The minimum absolute atomic E-state index is 0.00535. The third kappa shape index (κ3) is 3.21. The van der Waals surface area contributed by atoms with Gasteiger partial charge in [0.05, 0.1) is 14.2 Å². The van der Waals surface area contributed by atoms with Gasteiger partial charge in [0.15, 0.2) is 30.5 Å². The number of methoxy groups -OCH3 is 2. The summed E-state index contributed by atoms with van der Waals surface area (Å²) in [7, 11) is 3.26. The predicted molar refractivity (Wildman–Crippen MR) is 88.0 cm³/mol. The summed E-state index contributed by atoms with van der Waals surface area (Å²) in [5.74, 6) is 1.43. The average Bonchev–Trinajstić information content (AvgIpc) is 2.61. The molecule has 4 heteroatoms. The van der Waals surface area contributed by atoms with E-state index < -0.39 is 0 Å². The van der Waals surface area contributed by atoms with E-state index in [2.05, 4.69) is 0 Å². The van der Waals surface area contributed by atoms with Gasteiger partial charge in [-0.2, -0.15) is 0 Å². The van der Waals surface area contributed by atoms with Crippen molar-refractivity contribution >= 4 is 12.0 Å². The van der Waals surface area contributed by atoms with Crippen molar-refractivity contribution in [3.05, 3.63) is 65.4 Å². The van der Waals surface area contributed by atoms with Crippen molar-refractivity contribution in [1.29, 1.82) is 0 Å². The molecule has 0 atom stereocenters. The molecule has 2 aromatic carbocycles. The topological polar surface area (TPSA) is 44.5 Å². The molecule has 118 valence electrons. The molecule has 1 aliphatic rings. The van der Waals surface area contributed by atoms with Crippen LogP contribution in [0.3, 0.4) is 0 Å². The van der Waals surface area contributed by atoms with Crippen molar-refractivity contribution in [1.82, 2.24) is 0 Å². The van der Waals surface area contributed by atoms with Crippen LogP contribution in [0.4, 0.5) is 0 Å². The molecule has 0 spiro atoms. The fraction of sp³-hybridized carbons (Fsp3) is 0.211. The van der Waals surface area contributed by atoms with E-state index >= 15 is 0 Å². The Kier molecular flexibility index (Phi) is 4.33. The Morgan fingerprint density at radius 1 is 1.09 bits per heavy atom. The van der Waals surface area contributed by atoms with Crippen LogP contribution < -0.4 is 14.6 Å². The van der Waals surface area contributed by atoms with E-state index in [0.29, 0.717) is 11.3 Å². The standard InChI is InChI=1S/C19H19NO3/c1-22-18-10-15-8-9-20(12-16(15)11-19(18)23-2)13-17(21)14-6-4-3-5-7-14/h3-7,10-13H,8-9H2,1-2H3/b17-13+. The van der Waals surface area contributed by atoms with Crippen molar-refractivity contribution in [2.24, 2.45) is 0 Å². The molecule has 0 aliphatic carbocycles. The third-order valence-corrected chi connectivity index (χ3v) is 3.93. The highest BCUT2D eigenvalue weighted by atomic mass is 16.5. The molecule has 1 aliphatic heterocycles. The van der Waals surface area contributed by atoms with Crippen LogP contribution in [0.25, 0.3) is 5.76 Å². The summed E-state index contributed by atoms with van der Waals surface area (Å²) in [6.45, 7) is 0.765. The summed E-state index contributed by atoms with van der Waals surface area (Å²) in [6, 6.07) is 13.2. The fourth-order valence-corrected chi connectivity index (χ4v) is 2.70. The molecule has 0 unspecified atom stereocenters. The van der Waals surface area contributed by atoms with Gasteiger partial charge in [-0.1, -0.05) is 30.3 Å². The Balaban J connectivity index is 1.94. The maximum atomic E-state index is 12.3. The zero-order valence-corrected chi connectivity index (χ0v) is 13.3. The number of fused-ring (bicyclic) bond motifs is 1. The van der Waals surface area contributed by atoms with Crippen LogP contribution in [0, 0.1) is 0 Å². The fourth-order valence-electron chi connectivity index (χ4n) is 2.70. The van der Waals surface area contributed by atoms with Crippen LogP contribution in [-0.2, 0) is 6.42 Å². The first-order chi connectivity index (χ1) is 11.2. The number of nitrogens with zero attached hydrogens (tertiary/aromatic N) is 1. The summed E-state index contributed by atoms with van der Waals surface area (Å²) >= 11 is 0. The molecule has 0 bridgehead atoms. The van der Waals surface area contributed by atoms with Gasteiger partial charge in [0.1, 0.15) is 0 Å². The lowest BCUT2D eigenvalue weighted by Crippen LogP contribution is -2.20. The van der Waals surface area contributed by atoms with Crippen LogP contribution in [0.2, 0.25) is 0 Å². The van der Waals surface area contributed by atoms with Crippen LogP contribution in [0.1, 0.15) is 16.7 Å². The van der Waals surface area contributed by atoms with Gasteiger partial charge in [-0.15, -0.1) is 0 Å². The van der Waals surface area contributed by atoms with E-state index in [1.807, 2.05) is 53.3 Å². The first kappa shape index (κ1) is 15.2. The first-order valence-corrected chi connectivity index (χ1v) is 7.51. The second-order valence-corrected chi connectivity index (χ2v) is 5.38. The summed E-state index contributed by atoms with van der Waals surface area (Å²) in [5, 5.41) is 12.3. The molecule has 1 heterocycles. The summed E-state index contributed by atoms with van der Waals surface area (Å²) in [4.78, 5) is 0. The van der Waals surface area contributed by atoms with E-state index in [4.69, 9.17) is 9.47 Å². The molecular formula is C19H19NO3. The molecule has 4 nitrogen and oxygen atoms in total. The monoisotopic (exact) mass is 309 g/mol. The first-order valence-electron chi connectivity index (χ1n) is 7.51. The molecule has 0 aromatic heterocycles. The van der Waals surface area contributed by atoms with Gasteiger partial charge in [-0.05, 0) is 29.0 Å². The van der Waals surface area contributed by atoms with Gasteiger partial charge in [0, 0.05) is 12.0 Å². The molecule has 0 saturated heterocycles. The number of rotatable bonds is 4. The van der Waals surface area contributed by atoms with Crippen molar-refractivity contribution in [2.45, 2.75) is 6.42 Å². The van der Waals surface area contributed by atoms with Gasteiger partial charge >= 0.3 is 0 Å². The maximum Gasteiger partial charge on any atom is 0.176 e. The largest absolute Gasteiger partial charge is 0.868 e. The highest BCUT2D eigenvalue weighted by Crippen LogP contribution is 2.31. The van der Waals surface area contributed by atoms with E-state index in [0.717, 1.165) is 24.3 Å². The Morgan fingerprint density at radius 3 is 2.48 bits per heavy atom. The highest BCUT2D eigenvalue weighted by Gasteiger charge is 2.18. The smallest absolute Gasteiger partial charge is 0.176 e. The average molecular weight is 309 g/mol. The van der Waals surface area contributed by atoms with Crippen molar-refractivity contribution < 1.29 is 19.2 Å². The molecule has 0 saturated carbocycles. The van der Waals surface area contributed by atoms with Crippen LogP contribution in [-0.4, -0.2) is 31.6 Å². The molecule has 0 N–H and O–H groups in total. The van der Waals surface area contributed by atoms with Gasteiger partial charge < -0.3 is 14.6 Å². The van der Waals surface area contributed by atoms with Crippen LogP contribution >= 0.6 is 0 Å². The van der Waals surface area contributed by atoms with Gasteiger partial charge in [-0.3, -0.25) is 0 Å². The quantitative estimate of drug-likeness (QED) is 0.641. The third-order valence-electron chi connectivity index (χ3n) is 3.93. The minimum Gasteiger partial charge on any atom is -0.868 e. The predicted octanol–water partition coefficient (Wildman–Crippen LogP) is 2.05. The zero-order chi connectivity index (χ0) is 16.2. The SMILES string of the molecule is COc1cc2c(cc1OC)CC[N+](/C=C(/[O-])c1ccccc1)=C2. The lowest BCUT2D eigenvalue weighted by Gasteiger charge is -2.16. The van der Waals surface area contributed by atoms with E-state index in [9.17, 15) is 5.11 Å². The van der Waals surface area contributed by atoms with Gasteiger partial charge in [0.2, 0.25) is 0 Å². The lowest BCUT2D eigenvalue weighted by molar-refractivity contribution is -0.457. The van der Waals surface area contributed by atoms with Crippen molar-refractivity contribution in [2.75, 3.05) is 20.8 Å². The Hall–Kier alpha value is -2.75. The van der Waals surface area contributed by atoms with Crippen LogP contribution in [0.15, 0.2) is 48.7 Å². The molecule has 0 fully saturated rings. The molecule has 3 rings (SSSR count).